The number of rotatable bonds is 0. The molecule has 1 aromatic rings. The third-order valence-electron chi connectivity index (χ3n) is 3.28. The molecule has 2 rings (SSSR count). The lowest BCUT2D eigenvalue weighted by atomic mass is 9.83. The highest BCUT2D eigenvalue weighted by atomic mass is 19.3. The highest BCUT2D eigenvalue weighted by molar-refractivity contribution is 5.39. The van der Waals surface area contributed by atoms with Crippen LogP contribution in [0.2, 0.25) is 0 Å². The normalized spacial score (nSPS) is 20.1. The number of hydrogen-bond acceptors (Lipinski definition) is 1. The van der Waals surface area contributed by atoms with Gasteiger partial charge in [-0.15, -0.1) is 0 Å². The Bertz CT molecular complexity index is 432. The van der Waals surface area contributed by atoms with E-state index in [1.54, 1.807) is 18.0 Å². The molecule has 0 aromatic heterocycles. The van der Waals surface area contributed by atoms with Gasteiger partial charge in [-0.1, -0.05) is 32.9 Å². The summed E-state index contributed by atoms with van der Waals surface area (Å²) >= 11 is 0. The molecular formula is C14H19F2N. The first-order valence-electron chi connectivity index (χ1n) is 5.90. The minimum absolute atomic E-state index is 0.0888. The molecule has 0 fully saturated rings. The van der Waals surface area contributed by atoms with Crippen molar-refractivity contribution in [2.45, 2.75) is 38.7 Å². The summed E-state index contributed by atoms with van der Waals surface area (Å²) in [4.78, 5) is 1.67. The number of nitrogens with zero attached hydrogens (tertiary/aromatic N) is 1. The van der Waals surface area contributed by atoms with E-state index >= 15 is 0 Å². The summed E-state index contributed by atoms with van der Waals surface area (Å²) in [6.07, 6.45) is 0. The summed E-state index contributed by atoms with van der Waals surface area (Å²) in [5.74, 6) is -2.73. The fourth-order valence-electron chi connectivity index (χ4n) is 2.29. The predicted molar refractivity (Wildman–Crippen MR) is 65.4 cm³/mol. The van der Waals surface area contributed by atoms with Crippen molar-refractivity contribution in [3.05, 3.63) is 34.9 Å². The van der Waals surface area contributed by atoms with Crippen LogP contribution in [0.25, 0.3) is 0 Å². The monoisotopic (exact) mass is 239 g/mol. The quantitative estimate of drug-likeness (QED) is 0.669. The lowest BCUT2D eigenvalue weighted by Crippen LogP contribution is -2.38. The molecule has 0 aliphatic carbocycles. The van der Waals surface area contributed by atoms with Crippen molar-refractivity contribution in [2.75, 3.05) is 13.6 Å². The van der Waals surface area contributed by atoms with Crippen molar-refractivity contribution in [1.82, 2.24) is 4.90 Å². The van der Waals surface area contributed by atoms with Crippen LogP contribution in [0.15, 0.2) is 18.2 Å². The Kier molecular flexibility index (Phi) is 2.77. The van der Waals surface area contributed by atoms with Crippen LogP contribution < -0.4 is 0 Å². The molecule has 94 valence electrons. The third-order valence-corrected chi connectivity index (χ3v) is 3.28. The Morgan fingerprint density at radius 2 is 1.88 bits per heavy atom. The van der Waals surface area contributed by atoms with E-state index in [2.05, 4.69) is 0 Å². The zero-order chi connectivity index (χ0) is 12.8. The van der Waals surface area contributed by atoms with E-state index in [9.17, 15) is 8.78 Å². The van der Waals surface area contributed by atoms with Crippen molar-refractivity contribution < 1.29 is 8.78 Å². The molecule has 0 saturated carbocycles. The summed E-state index contributed by atoms with van der Waals surface area (Å²) in [6.45, 7) is 6.55. The number of likely N-dealkylation sites (N-methyl/N-ethyl adjacent to an activating group) is 1. The molecule has 0 N–H and O–H groups in total. The smallest absolute Gasteiger partial charge is 0.285 e. The number of alkyl halides is 2. The Morgan fingerprint density at radius 1 is 1.24 bits per heavy atom. The largest absolute Gasteiger partial charge is 0.296 e. The number of fused-ring (bicyclic) bond motifs is 1. The maximum Gasteiger partial charge on any atom is 0.285 e. The van der Waals surface area contributed by atoms with E-state index in [-0.39, 0.29) is 17.5 Å². The Balaban J connectivity index is 2.51. The highest BCUT2D eigenvalue weighted by Crippen LogP contribution is 2.38. The highest BCUT2D eigenvalue weighted by Gasteiger charge is 2.39. The lowest BCUT2D eigenvalue weighted by Gasteiger charge is -2.33. The zero-order valence-corrected chi connectivity index (χ0v) is 10.8. The van der Waals surface area contributed by atoms with E-state index in [1.165, 1.54) is 0 Å². The van der Waals surface area contributed by atoms with Gasteiger partial charge in [0.2, 0.25) is 0 Å². The van der Waals surface area contributed by atoms with Crippen LogP contribution in [0.5, 0.6) is 0 Å². The second-order valence-corrected chi connectivity index (χ2v) is 6.00. The van der Waals surface area contributed by atoms with E-state index < -0.39 is 5.92 Å². The predicted octanol–water partition coefficient (Wildman–Crippen LogP) is 3.52. The molecule has 3 heteroatoms. The van der Waals surface area contributed by atoms with Gasteiger partial charge in [0.25, 0.3) is 5.92 Å². The van der Waals surface area contributed by atoms with Gasteiger partial charge in [-0.05, 0) is 29.7 Å². The van der Waals surface area contributed by atoms with Crippen LogP contribution in [0.3, 0.4) is 0 Å². The first kappa shape index (κ1) is 12.5. The number of halogens is 2. The molecule has 1 heterocycles. The first-order chi connectivity index (χ1) is 7.70. The van der Waals surface area contributed by atoms with Crippen molar-refractivity contribution >= 4 is 0 Å². The first-order valence-corrected chi connectivity index (χ1v) is 5.90. The lowest BCUT2D eigenvalue weighted by molar-refractivity contribution is -0.0456. The van der Waals surface area contributed by atoms with Gasteiger partial charge in [0.15, 0.2) is 0 Å². The van der Waals surface area contributed by atoms with Gasteiger partial charge in [-0.2, -0.15) is 8.78 Å². The van der Waals surface area contributed by atoms with Gasteiger partial charge in [0, 0.05) is 12.1 Å². The standard InChI is InChI=1S/C14H19F2N/c1-13(2,3)11-6-5-10-8-17(4)9-14(15,16)12(10)7-11/h5-7H,8-9H2,1-4H3. The topological polar surface area (TPSA) is 3.24 Å². The van der Waals surface area contributed by atoms with Crippen LogP contribution in [-0.2, 0) is 17.9 Å². The minimum atomic E-state index is -2.73. The van der Waals surface area contributed by atoms with Gasteiger partial charge in [-0.3, -0.25) is 4.90 Å². The zero-order valence-electron chi connectivity index (χ0n) is 10.8. The Morgan fingerprint density at radius 3 is 2.47 bits per heavy atom. The van der Waals surface area contributed by atoms with E-state index in [0.717, 1.165) is 11.1 Å². The Hall–Kier alpha value is -0.960. The van der Waals surface area contributed by atoms with Crippen molar-refractivity contribution in [1.29, 1.82) is 0 Å². The molecule has 0 amide bonds. The summed E-state index contributed by atoms with van der Waals surface area (Å²) in [5, 5.41) is 0. The molecule has 0 radical (unpaired) electrons. The maximum absolute atomic E-state index is 14.0. The molecule has 1 aliphatic rings. The average Bonchev–Trinajstić information content (AvgIpc) is 2.13. The van der Waals surface area contributed by atoms with Gasteiger partial charge < -0.3 is 0 Å². The van der Waals surface area contributed by atoms with E-state index in [1.807, 2.05) is 32.9 Å². The molecule has 0 unspecified atom stereocenters. The summed E-state index contributed by atoms with van der Waals surface area (Å²) in [5.41, 5.74) is 1.84. The van der Waals surface area contributed by atoms with Crippen LogP contribution in [-0.4, -0.2) is 18.5 Å². The van der Waals surface area contributed by atoms with Crippen LogP contribution >= 0.6 is 0 Å². The molecule has 1 nitrogen and oxygen atoms in total. The van der Waals surface area contributed by atoms with Crippen molar-refractivity contribution in [2.24, 2.45) is 0 Å². The molecule has 0 saturated heterocycles. The summed E-state index contributed by atoms with van der Waals surface area (Å²) < 4.78 is 27.9. The molecular weight excluding hydrogens is 220 g/mol. The van der Waals surface area contributed by atoms with Gasteiger partial charge in [0.05, 0.1) is 6.54 Å². The number of hydrogen-bond donors (Lipinski definition) is 0. The van der Waals surface area contributed by atoms with Crippen molar-refractivity contribution in [3.63, 3.8) is 0 Å². The summed E-state index contributed by atoms with van der Waals surface area (Å²) in [7, 11) is 1.73. The second-order valence-electron chi connectivity index (χ2n) is 6.00. The van der Waals surface area contributed by atoms with Crippen LogP contribution in [0.1, 0.15) is 37.5 Å². The minimum Gasteiger partial charge on any atom is -0.296 e. The van der Waals surface area contributed by atoms with Crippen LogP contribution in [0, 0.1) is 0 Å². The van der Waals surface area contributed by atoms with Crippen LogP contribution in [0.4, 0.5) is 8.78 Å². The molecule has 0 spiro atoms. The molecule has 0 atom stereocenters. The fourth-order valence-corrected chi connectivity index (χ4v) is 2.29. The molecule has 1 aliphatic heterocycles. The van der Waals surface area contributed by atoms with E-state index in [4.69, 9.17) is 0 Å². The summed E-state index contributed by atoms with van der Waals surface area (Å²) in [6, 6.07) is 5.50. The molecule has 1 aromatic carbocycles. The van der Waals surface area contributed by atoms with Gasteiger partial charge in [0.1, 0.15) is 0 Å². The third kappa shape index (κ3) is 2.34. The molecule has 0 bridgehead atoms. The van der Waals surface area contributed by atoms with Gasteiger partial charge >= 0.3 is 0 Å². The van der Waals surface area contributed by atoms with Gasteiger partial charge in [-0.25, -0.2) is 0 Å². The number of benzene rings is 1. The van der Waals surface area contributed by atoms with E-state index in [0.29, 0.717) is 6.54 Å². The Labute approximate surface area is 101 Å². The SMILES string of the molecule is CN1Cc2ccc(C(C)(C)C)cc2C(F)(F)C1. The van der Waals surface area contributed by atoms with Crippen molar-refractivity contribution in [3.8, 4) is 0 Å². The second kappa shape index (κ2) is 3.77. The maximum atomic E-state index is 14.0. The fraction of sp³-hybridized carbons (Fsp3) is 0.571. The molecule has 17 heavy (non-hydrogen) atoms. The average molecular weight is 239 g/mol.